The molecule has 1 rings (SSSR count). The molecule has 1 aromatic heterocycles. The summed E-state index contributed by atoms with van der Waals surface area (Å²) in [7, 11) is 1.28. The van der Waals surface area contributed by atoms with Crippen LogP contribution in [0.5, 0.6) is 0 Å². The molecular formula is C11H12N2O3. The topological polar surface area (TPSA) is 72.3 Å². The van der Waals surface area contributed by atoms with Gasteiger partial charge in [0.15, 0.2) is 5.69 Å². The van der Waals surface area contributed by atoms with Crippen molar-refractivity contribution in [1.82, 2.24) is 10.2 Å². The first kappa shape index (κ1) is 12.1. The fourth-order valence-corrected chi connectivity index (χ4v) is 0.933. The molecule has 0 bridgehead atoms. The van der Waals surface area contributed by atoms with Gasteiger partial charge in [0, 0.05) is 13.0 Å². The SMILES string of the molecule is COC(=O)c1ccc(C#CCCCO)nn1. The molecule has 0 atom stereocenters. The van der Waals surface area contributed by atoms with Gasteiger partial charge in [-0.3, -0.25) is 0 Å². The Kier molecular flexibility index (Phi) is 4.96. The molecule has 0 spiro atoms. The molecular weight excluding hydrogens is 208 g/mol. The van der Waals surface area contributed by atoms with Crippen molar-refractivity contribution in [1.29, 1.82) is 0 Å². The van der Waals surface area contributed by atoms with E-state index in [1.807, 2.05) is 0 Å². The van der Waals surface area contributed by atoms with Crippen molar-refractivity contribution in [2.24, 2.45) is 0 Å². The highest BCUT2D eigenvalue weighted by atomic mass is 16.5. The molecule has 0 unspecified atom stereocenters. The van der Waals surface area contributed by atoms with Gasteiger partial charge in [0.05, 0.1) is 7.11 Å². The Balaban J connectivity index is 2.63. The number of aliphatic hydroxyl groups is 1. The van der Waals surface area contributed by atoms with Crippen molar-refractivity contribution < 1.29 is 14.6 Å². The van der Waals surface area contributed by atoms with Gasteiger partial charge in [-0.2, -0.15) is 0 Å². The van der Waals surface area contributed by atoms with Crippen molar-refractivity contribution >= 4 is 5.97 Å². The lowest BCUT2D eigenvalue weighted by Crippen LogP contribution is -2.05. The van der Waals surface area contributed by atoms with E-state index in [0.29, 0.717) is 18.5 Å². The number of methoxy groups -OCH3 is 1. The molecule has 0 aliphatic rings. The Bertz CT molecular complexity index is 403. The molecule has 1 heterocycles. The normalized spacial score (nSPS) is 9.12. The van der Waals surface area contributed by atoms with Crippen molar-refractivity contribution in [3.05, 3.63) is 23.5 Å². The molecule has 0 aliphatic carbocycles. The fourth-order valence-electron chi connectivity index (χ4n) is 0.933. The summed E-state index contributed by atoms with van der Waals surface area (Å²) in [4.78, 5) is 11.0. The zero-order chi connectivity index (χ0) is 11.8. The van der Waals surface area contributed by atoms with Crippen LogP contribution in [0.2, 0.25) is 0 Å². The maximum atomic E-state index is 11.0. The lowest BCUT2D eigenvalue weighted by molar-refractivity contribution is 0.0592. The molecule has 16 heavy (non-hydrogen) atoms. The molecule has 1 N–H and O–H groups in total. The largest absolute Gasteiger partial charge is 0.464 e. The minimum atomic E-state index is -0.521. The number of hydrogen-bond acceptors (Lipinski definition) is 5. The van der Waals surface area contributed by atoms with E-state index < -0.39 is 5.97 Å². The van der Waals surface area contributed by atoms with Crippen LogP contribution in [0.25, 0.3) is 0 Å². The number of nitrogens with zero attached hydrogens (tertiary/aromatic N) is 2. The van der Waals surface area contributed by atoms with Gasteiger partial charge in [0.1, 0.15) is 5.69 Å². The van der Waals surface area contributed by atoms with Crippen LogP contribution < -0.4 is 0 Å². The third-order valence-corrected chi connectivity index (χ3v) is 1.74. The zero-order valence-electron chi connectivity index (χ0n) is 8.93. The molecule has 0 saturated heterocycles. The molecule has 84 valence electrons. The van der Waals surface area contributed by atoms with Crippen LogP contribution in [-0.4, -0.2) is 35.0 Å². The van der Waals surface area contributed by atoms with Crippen LogP contribution in [0.4, 0.5) is 0 Å². The van der Waals surface area contributed by atoms with E-state index in [4.69, 9.17) is 5.11 Å². The predicted molar refractivity (Wildman–Crippen MR) is 56.6 cm³/mol. The Hall–Kier alpha value is -1.93. The van der Waals surface area contributed by atoms with Gasteiger partial charge in [0.25, 0.3) is 0 Å². The number of ether oxygens (including phenoxy) is 1. The Morgan fingerprint density at radius 2 is 2.31 bits per heavy atom. The van der Waals surface area contributed by atoms with Gasteiger partial charge < -0.3 is 9.84 Å². The van der Waals surface area contributed by atoms with Crippen molar-refractivity contribution in [3.63, 3.8) is 0 Å². The molecule has 0 amide bonds. The fraction of sp³-hybridized carbons (Fsp3) is 0.364. The summed E-state index contributed by atoms with van der Waals surface area (Å²) in [5.41, 5.74) is 0.647. The van der Waals surface area contributed by atoms with E-state index in [1.165, 1.54) is 13.2 Å². The Morgan fingerprint density at radius 1 is 1.50 bits per heavy atom. The van der Waals surface area contributed by atoms with Crippen LogP contribution >= 0.6 is 0 Å². The summed E-state index contributed by atoms with van der Waals surface area (Å²) in [5, 5.41) is 16.0. The summed E-state index contributed by atoms with van der Waals surface area (Å²) in [5.74, 6) is 5.09. The number of esters is 1. The quantitative estimate of drug-likeness (QED) is 0.453. The number of rotatable bonds is 3. The van der Waals surface area contributed by atoms with E-state index in [1.54, 1.807) is 6.07 Å². The molecule has 5 heteroatoms. The lowest BCUT2D eigenvalue weighted by Gasteiger charge is -1.95. The molecule has 0 radical (unpaired) electrons. The van der Waals surface area contributed by atoms with Gasteiger partial charge in [-0.25, -0.2) is 4.79 Å². The number of carbonyl (C=O) groups is 1. The monoisotopic (exact) mass is 220 g/mol. The zero-order valence-corrected chi connectivity index (χ0v) is 8.93. The first-order chi connectivity index (χ1) is 7.77. The highest BCUT2D eigenvalue weighted by molar-refractivity contribution is 5.86. The molecule has 0 saturated carbocycles. The lowest BCUT2D eigenvalue weighted by atomic mass is 10.3. The first-order valence-corrected chi connectivity index (χ1v) is 4.79. The van der Waals surface area contributed by atoms with Gasteiger partial charge in [-0.05, 0) is 24.5 Å². The van der Waals surface area contributed by atoms with Crippen LogP contribution in [0.15, 0.2) is 12.1 Å². The van der Waals surface area contributed by atoms with E-state index in [0.717, 1.165) is 0 Å². The van der Waals surface area contributed by atoms with Crippen molar-refractivity contribution in [2.75, 3.05) is 13.7 Å². The van der Waals surface area contributed by atoms with Gasteiger partial charge >= 0.3 is 5.97 Å². The van der Waals surface area contributed by atoms with Crippen LogP contribution in [0.3, 0.4) is 0 Å². The standard InChI is InChI=1S/C11H12N2O3/c1-16-11(15)10-7-6-9(12-13-10)5-3-2-4-8-14/h6-7,14H,2,4,8H2,1H3. The van der Waals surface area contributed by atoms with E-state index >= 15 is 0 Å². The van der Waals surface area contributed by atoms with Crippen molar-refractivity contribution in [3.8, 4) is 11.8 Å². The summed E-state index contributed by atoms with van der Waals surface area (Å²) in [6.07, 6.45) is 1.25. The van der Waals surface area contributed by atoms with E-state index in [9.17, 15) is 4.79 Å². The number of aliphatic hydroxyl groups excluding tert-OH is 1. The highest BCUT2D eigenvalue weighted by Crippen LogP contribution is 1.97. The number of aromatic nitrogens is 2. The summed E-state index contributed by atoms with van der Waals surface area (Å²) in [6.45, 7) is 0.127. The number of carbonyl (C=O) groups excluding carboxylic acids is 1. The first-order valence-electron chi connectivity index (χ1n) is 4.79. The molecule has 5 nitrogen and oxygen atoms in total. The average molecular weight is 220 g/mol. The third-order valence-electron chi connectivity index (χ3n) is 1.74. The molecule has 1 aromatic rings. The second-order valence-corrected chi connectivity index (χ2v) is 2.92. The molecule has 0 aromatic carbocycles. The van der Waals surface area contributed by atoms with E-state index in [2.05, 4.69) is 26.8 Å². The molecule has 0 aliphatic heterocycles. The van der Waals surface area contributed by atoms with Gasteiger partial charge in [-0.15, -0.1) is 10.2 Å². The number of unbranched alkanes of at least 4 members (excludes halogenated alkanes) is 1. The summed E-state index contributed by atoms with van der Waals surface area (Å²) in [6, 6.07) is 3.11. The highest BCUT2D eigenvalue weighted by Gasteiger charge is 2.06. The smallest absolute Gasteiger partial charge is 0.358 e. The van der Waals surface area contributed by atoms with Gasteiger partial charge in [0.2, 0.25) is 0 Å². The van der Waals surface area contributed by atoms with Crippen molar-refractivity contribution in [2.45, 2.75) is 12.8 Å². The van der Waals surface area contributed by atoms with E-state index in [-0.39, 0.29) is 12.3 Å². The number of hydrogen-bond donors (Lipinski definition) is 1. The summed E-state index contributed by atoms with van der Waals surface area (Å²) >= 11 is 0. The second kappa shape index (κ2) is 6.53. The second-order valence-electron chi connectivity index (χ2n) is 2.92. The third kappa shape index (κ3) is 3.67. The maximum Gasteiger partial charge on any atom is 0.358 e. The average Bonchev–Trinajstić information content (AvgIpc) is 2.34. The predicted octanol–water partition coefficient (Wildman–Crippen LogP) is 0.387. The van der Waals surface area contributed by atoms with Crippen LogP contribution in [0.1, 0.15) is 29.0 Å². The Morgan fingerprint density at radius 3 is 2.88 bits per heavy atom. The van der Waals surface area contributed by atoms with Crippen LogP contribution in [-0.2, 0) is 4.74 Å². The minimum absolute atomic E-state index is 0.127. The molecule has 0 fully saturated rings. The minimum Gasteiger partial charge on any atom is -0.464 e. The Labute approximate surface area is 93.5 Å². The maximum absolute atomic E-state index is 11.0. The van der Waals surface area contributed by atoms with Crippen LogP contribution in [0, 0.1) is 11.8 Å². The summed E-state index contributed by atoms with van der Waals surface area (Å²) < 4.78 is 4.48. The van der Waals surface area contributed by atoms with Gasteiger partial charge in [-0.1, -0.05) is 5.92 Å².